The first-order valence-electron chi connectivity index (χ1n) is 13.4. The lowest BCUT2D eigenvalue weighted by molar-refractivity contribution is 0.210. The molecule has 9 nitrogen and oxygen atoms in total. The maximum Gasteiger partial charge on any atom is 0.232 e. The van der Waals surface area contributed by atoms with Gasteiger partial charge in [0.2, 0.25) is 10.0 Å². The van der Waals surface area contributed by atoms with Gasteiger partial charge in [0.1, 0.15) is 17.8 Å². The Labute approximate surface area is 236 Å². The second kappa shape index (κ2) is 10.7. The number of nitrogens with zero attached hydrogens (tertiary/aromatic N) is 6. The van der Waals surface area contributed by atoms with Crippen LogP contribution in [0.5, 0.6) is 0 Å². The van der Waals surface area contributed by atoms with Crippen LogP contribution in [-0.2, 0) is 10.0 Å². The highest BCUT2D eigenvalue weighted by Gasteiger charge is 2.22. The van der Waals surface area contributed by atoms with Crippen LogP contribution in [0.1, 0.15) is 25.8 Å². The van der Waals surface area contributed by atoms with Crippen molar-refractivity contribution >= 4 is 26.7 Å². The predicted octanol–water partition coefficient (Wildman–Crippen LogP) is 5.26. The van der Waals surface area contributed by atoms with Gasteiger partial charge >= 0.3 is 0 Å². The van der Waals surface area contributed by atoms with E-state index in [0.29, 0.717) is 28.3 Å². The summed E-state index contributed by atoms with van der Waals surface area (Å²) in [4.78, 5) is 6.79. The third-order valence-corrected chi connectivity index (χ3v) is 8.85. The molecule has 41 heavy (non-hydrogen) atoms. The van der Waals surface area contributed by atoms with Gasteiger partial charge in [-0.3, -0.25) is 9.29 Å². The molecule has 6 rings (SSSR count). The maximum atomic E-state index is 15.9. The summed E-state index contributed by atoms with van der Waals surface area (Å²) in [6.07, 6.45) is 5.43. The smallest absolute Gasteiger partial charge is 0.232 e. The van der Waals surface area contributed by atoms with Crippen LogP contribution < -0.4 is 4.72 Å². The summed E-state index contributed by atoms with van der Waals surface area (Å²) in [5.74, 6) is -1.56. The number of benzene rings is 3. The van der Waals surface area contributed by atoms with E-state index < -0.39 is 21.7 Å². The van der Waals surface area contributed by atoms with Gasteiger partial charge in [-0.2, -0.15) is 0 Å². The predicted molar refractivity (Wildman–Crippen MR) is 154 cm³/mol. The van der Waals surface area contributed by atoms with Crippen molar-refractivity contribution in [1.82, 2.24) is 29.4 Å². The number of anilines is 1. The zero-order valence-corrected chi connectivity index (χ0v) is 23.4. The molecule has 0 saturated carbocycles. The van der Waals surface area contributed by atoms with Gasteiger partial charge in [0.15, 0.2) is 5.82 Å². The van der Waals surface area contributed by atoms with Crippen molar-refractivity contribution in [3.8, 4) is 28.1 Å². The first-order valence-corrected chi connectivity index (χ1v) is 15.0. The van der Waals surface area contributed by atoms with Gasteiger partial charge in [0, 0.05) is 11.1 Å². The minimum atomic E-state index is -3.80. The van der Waals surface area contributed by atoms with Crippen LogP contribution in [0.2, 0.25) is 0 Å². The topological polar surface area (TPSA) is 97.9 Å². The molecule has 1 aliphatic rings. The summed E-state index contributed by atoms with van der Waals surface area (Å²) >= 11 is 0. The van der Waals surface area contributed by atoms with Crippen LogP contribution in [0.15, 0.2) is 67.1 Å². The molecule has 0 atom stereocenters. The molecule has 1 fully saturated rings. The Balaban J connectivity index is 1.40. The number of hydrogen-bond donors (Lipinski definition) is 1. The average molecular weight is 578 g/mol. The van der Waals surface area contributed by atoms with Crippen molar-refractivity contribution in [2.75, 3.05) is 30.6 Å². The first kappa shape index (κ1) is 27.0. The van der Waals surface area contributed by atoms with E-state index in [2.05, 4.69) is 32.0 Å². The molecule has 212 valence electrons. The fourth-order valence-corrected chi connectivity index (χ4v) is 5.79. The Bertz CT molecular complexity index is 1840. The molecular weight excluding hydrogens is 548 g/mol. The lowest BCUT2D eigenvalue weighted by Gasteiger charge is -2.28. The fraction of sp³-hybridized carbons (Fsp3) is 0.276. The Morgan fingerprint density at radius 1 is 1.02 bits per heavy atom. The molecule has 0 radical (unpaired) electrons. The van der Waals surface area contributed by atoms with Gasteiger partial charge in [0.25, 0.3) is 0 Å². The highest BCUT2D eigenvalue weighted by Crippen LogP contribution is 2.34. The van der Waals surface area contributed by atoms with Crippen molar-refractivity contribution in [3.05, 3.63) is 78.8 Å². The number of aromatic nitrogens is 5. The van der Waals surface area contributed by atoms with Crippen molar-refractivity contribution in [3.63, 3.8) is 0 Å². The van der Waals surface area contributed by atoms with E-state index in [1.54, 1.807) is 24.3 Å². The molecule has 12 heteroatoms. The Morgan fingerprint density at radius 3 is 2.56 bits per heavy atom. The molecule has 0 aliphatic carbocycles. The van der Waals surface area contributed by atoms with E-state index in [1.807, 2.05) is 23.0 Å². The SMILES string of the molecule is CCS(=O)(=O)Nc1cc(-c2ccccc2F)cc(-n2cnc3cc(-c4cn(C5CCN(C)CC5)nn4)ccc32)c1F. The van der Waals surface area contributed by atoms with E-state index in [-0.39, 0.29) is 22.7 Å². The molecule has 0 amide bonds. The summed E-state index contributed by atoms with van der Waals surface area (Å²) < 4.78 is 61.0. The Morgan fingerprint density at radius 2 is 1.80 bits per heavy atom. The number of likely N-dealkylation sites (tertiary alicyclic amines) is 1. The number of fused-ring (bicyclic) bond motifs is 1. The van der Waals surface area contributed by atoms with Crippen LogP contribution >= 0.6 is 0 Å². The van der Waals surface area contributed by atoms with Crippen molar-refractivity contribution in [1.29, 1.82) is 0 Å². The molecule has 0 bridgehead atoms. The van der Waals surface area contributed by atoms with Gasteiger partial charge in [-0.1, -0.05) is 29.5 Å². The second-order valence-electron chi connectivity index (χ2n) is 10.3. The molecule has 3 heterocycles. The molecule has 5 aromatic rings. The van der Waals surface area contributed by atoms with Gasteiger partial charge in [0.05, 0.1) is 40.4 Å². The zero-order chi connectivity index (χ0) is 28.7. The average Bonchev–Trinajstić information content (AvgIpc) is 3.62. The lowest BCUT2D eigenvalue weighted by Crippen LogP contribution is -2.31. The standard InChI is InChI=1S/C29H29F2N7O2S/c1-3-41(39,40)34-25-15-20(22-6-4-5-7-23(22)30)16-28(29(25)31)37-18-32-24-14-19(8-9-27(24)37)26-17-38(35-33-26)21-10-12-36(2)13-11-21/h4-9,14-18,21,34H,3,10-13H2,1-2H3. The number of rotatable bonds is 7. The zero-order valence-electron chi connectivity index (χ0n) is 22.6. The lowest BCUT2D eigenvalue weighted by atomic mass is 10.0. The number of hydrogen-bond acceptors (Lipinski definition) is 6. The summed E-state index contributed by atoms with van der Waals surface area (Å²) in [6.45, 7) is 3.48. The quantitative estimate of drug-likeness (QED) is 0.284. The van der Waals surface area contributed by atoms with E-state index in [1.165, 1.54) is 36.0 Å². The minimum absolute atomic E-state index is 0.0306. The number of nitrogens with one attached hydrogen (secondary N) is 1. The van der Waals surface area contributed by atoms with Crippen molar-refractivity contribution in [2.45, 2.75) is 25.8 Å². The van der Waals surface area contributed by atoms with E-state index in [0.717, 1.165) is 31.5 Å². The third-order valence-electron chi connectivity index (χ3n) is 7.56. The van der Waals surface area contributed by atoms with E-state index in [9.17, 15) is 12.8 Å². The molecule has 0 spiro atoms. The largest absolute Gasteiger partial charge is 0.306 e. The maximum absolute atomic E-state index is 15.9. The van der Waals surface area contributed by atoms with Gasteiger partial charge in [-0.05, 0) is 75.8 Å². The van der Waals surface area contributed by atoms with E-state index >= 15 is 4.39 Å². The Kier molecular flexibility index (Phi) is 7.04. The molecule has 1 N–H and O–H groups in total. The number of sulfonamides is 1. The second-order valence-corrected chi connectivity index (χ2v) is 12.3. The fourth-order valence-electron chi connectivity index (χ4n) is 5.16. The number of imidazole rings is 1. The third kappa shape index (κ3) is 5.32. The van der Waals surface area contributed by atoms with Crippen LogP contribution in [0.25, 0.3) is 39.1 Å². The highest BCUT2D eigenvalue weighted by molar-refractivity contribution is 7.92. The molecule has 0 unspecified atom stereocenters. The summed E-state index contributed by atoms with van der Waals surface area (Å²) in [5, 5.41) is 8.74. The van der Waals surface area contributed by atoms with Gasteiger partial charge in [-0.25, -0.2) is 26.9 Å². The van der Waals surface area contributed by atoms with Crippen molar-refractivity contribution in [2.24, 2.45) is 0 Å². The van der Waals surface area contributed by atoms with Crippen molar-refractivity contribution < 1.29 is 17.2 Å². The normalized spacial score (nSPS) is 15.0. The Hall–Kier alpha value is -4.16. The molecule has 1 aliphatic heterocycles. The van der Waals surface area contributed by atoms with Crippen LogP contribution in [0, 0.1) is 11.6 Å². The number of piperidine rings is 1. The minimum Gasteiger partial charge on any atom is -0.306 e. The number of halogens is 2. The first-order chi connectivity index (χ1) is 19.7. The van der Waals surface area contributed by atoms with Gasteiger partial charge < -0.3 is 4.90 Å². The van der Waals surface area contributed by atoms with Crippen LogP contribution in [0.4, 0.5) is 14.5 Å². The monoisotopic (exact) mass is 577 g/mol. The molecular formula is C29H29F2N7O2S. The summed E-state index contributed by atoms with van der Waals surface area (Å²) in [6, 6.07) is 14.7. The van der Waals surface area contributed by atoms with Gasteiger partial charge in [-0.15, -0.1) is 5.10 Å². The summed E-state index contributed by atoms with van der Waals surface area (Å²) in [7, 11) is -1.69. The van der Waals surface area contributed by atoms with Crippen LogP contribution in [-0.4, -0.2) is 63.8 Å². The summed E-state index contributed by atoms with van der Waals surface area (Å²) in [5.41, 5.74) is 2.99. The molecule has 3 aromatic carbocycles. The molecule has 1 saturated heterocycles. The highest BCUT2D eigenvalue weighted by atomic mass is 32.2. The van der Waals surface area contributed by atoms with Crippen LogP contribution in [0.3, 0.4) is 0 Å². The molecule has 2 aromatic heterocycles. The van der Waals surface area contributed by atoms with E-state index in [4.69, 9.17) is 0 Å².